The van der Waals surface area contributed by atoms with Crippen LogP contribution >= 0.6 is 0 Å². The summed E-state index contributed by atoms with van der Waals surface area (Å²) in [6, 6.07) is 11.7. The van der Waals surface area contributed by atoms with Gasteiger partial charge in [-0.25, -0.2) is 0 Å². The monoisotopic (exact) mass is 297 g/mol. The lowest BCUT2D eigenvalue weighted by atomic mass is 10.1. The van der Waals surface area contributed by atoms with Crippen molar-refractivity contribution >= 4 is 11.6 Å². The Hall–Kier alpha value is -2.36. The third-order valence-electron chi connectivity index (χ3n) is 3.91. The van der Waals surface area contributed by atoms with Gasteiger partial charge in [0.05, 0.1) is 5.56 Å². The van der Waals surface area contributed by atoms with Crippen LogP contribution in [0.3, 0.4) is 0 Å². The lowest BCUT2D eigenvalue weighted by Gasteiger charge is -2.29. The van der Waals surface area contributed by atoms with E-state index in [-0.39, 0.29) is 11.9 Å². The van der Waals surface area contributed by atoms with Gasteiger partial charge in [0.2, 0.25) is 0 Å². The Morgan fingerprint density at radius 1 is 1.23 bits per heavy atom. The van der Waals surface area contributed by atoms with Crippen molar-refractivity contribution in [3.05, 3.63) is 59.9 Å². The fourth-order valence-corrected chi connectivity index (χ4v) is 2.38. The quantitative estimate of drug-likeness (QED) is 0.886. The normalized spacial score (nSPS) is 11.8. The highest BCUT2D eigenvalue weighted by atomic mass is 16.2. The molecule has 2 rings (SSSR count). The van der Waals surface area contributed by atoms with E-state index in [4.69, 9.17) is 0 Å². The van der Waals surface area contributed by atoms with E-state index in [2.05, 4.69) is 24.1 Å². The van der Waals surface area contributed by atoms with Crippen molar-refractivity contribution in [3.63, 3.8) is 0 Å². The molecule has 116 valence electrons. The SMILES string of the molecule is CC[C@@H](C)N(Cc1ccncc1)C(=O)c1ccccc1NC. The maximum absolute atomic E-state index is 13.0. The molecule has 0 saturated heterocycles. The number of para-hydroxylation sites is 1. The van der Waals surface area contributed by atoms with E-state index in [1.165, 1.54) is 0 Å². The second kappa shape index (κ2) is 7.59. The molecular weight excluding hydrogens is 274 g/mol. The first kappa shape index (κ1) is 16.0. The molecule has 4 nitrogen and oxygen atoms in total. The van der Waals surface area contributed by atoms with Gasteiger partial charge >= 0.3 is 0 Å². The van der Waals surface area contributed by atoms with E-state index in [1.807, 2.05) is 48.3 Å². The highest BCUT2D eigenvalue weighted by Crippen LogP contribution is 2.20. The zero-order chi connectivity index (χ0) is 15.9. The van der Waals surface area contributed by atoms with Gasteiger partial charge in [0, 0.05) is 37.7 Å². The van der Waals surface area contributed by atoms with Crippen LogP contribution in [0.5, 0.6) is 0 Å². The minimum atomic E-state index is 0.0520. The lowest BCUT2D eigenvalue weighted by Crippen LogP contribution is -2.38. The van der Waals surface area contributed by atoms with Gasteiger partial charge in [-0.05, 0) is 43.2 Å². The second-order valence-corrected chi connectivity index (χ2v) is 5.34. The molecule has 1 N–H and O–H groups in total. The summed E-state index contributed by atoms with van der Waals surface area (Å²) in [7, 11) is 1.84. The molecule has 0 aliphatic heterocycles. The molecule has 4 heteroatoms. The van der Waals surface area contributed by atoms with E-state index in [9.17, 15) is 4.79 Å². The third kappa shape index (κ3) is 3.64. The number of pyridine rings is 1. The smallest absolute Gasteiger partial charge is 0.256 e. The van der Waals surface area contributed by atoms with Gasteiger partial charge in [-0.1, -0.05) is 19.1 Å². The average molecular weight is 297 g/mol. The molecule has 1 aromatic carbocycles. The van der Waals surface area contributed by atoms with Crippen LogP contribution in [0.2, 0.25) is 0 Å². The van der Waals surface area contributed by atoms with Crippen molar-refractivity contribution in [2.75, 3.05) is 12.4 Å². The van der Waals surface area contributed by atoms with Crippen LogP contribution in [0.4, 0.5) is 5.69 Å². The number of nitrogens with zero attached hydrogens (tertiary/aromatic N) is 2. The van der Waals surface area contributed by atoms with Gasteiger partial charge in [0.1, 0.15) is 0 Å². The van der Waals surface area contributed by atoms with Crippen molar-refractivity contribution < 1.29 is 4.79 Å². The summed E-state index contributed by atoms with van der Waals surface area (Å²) in [5.74, 6) is 0.0520. The van der Waals surface area contributed by atoms with Crippen molar-refractivity contribution in [1.29, 1.82) is 0 Å². The third-order valence-corrected chi connectivity index (χ3v) is 3.91. The van der Waals surface area contributed by atoms with Gasteiger partial charge in [-0.2, -0.15) is 0 Å². The minimum absolute atomic E-state index is 0.0520. The number of benzene rings is 1. The van der Waals surface area contributed by atoms with Crippen LogP contribution in [-0.4, -0.2) is 28.9 Å². The fourth-order valence-electron chi connectivity index (χ4n) is 2.38. The molecule has 0 fully saturated rings. The number of hydrogen-bond acceptors (Lipinski definition) is 3. The molecule has 1 amide bonds. The zero-order valence-electron chi connectivity index (χ0n) is 13.4. The molecule has 0 aliphatic rings. The molecule has 0 radical (unpaired) electrons. The van der Waals surface area contributed by atoms with Crippen molar-refractivity contribution in [2.45, 2.75) is 32.9 Å². The molecule has 1 aromatic heterocycles. The Kier molecular flexibility index (Phi) is 5.53. The maximum Gasteiger partial charge on any atom is 0.256 e. The molecule has 0 saturated carbocycles. The minimum Gasteiger partial charge on any atom is -0.387 e. The fraction of sp³-hybridized carbons (Fsp3) is 0.333. The first-order valence-corrected chi connectivity index (χ1v) is 7.64. The number of rotatable bonds is 6. The van der Waals surface area contributed by atoms with Gasteiger partial charge in [-0.15, -0.1) is 0 Å². The standard InChI is InChI=1S/C18H23N3O/c1-4-14(2)21(13-15-9-11-20-12-10-15)18(22)16-7-5-6-8-17(16)19-3/h5-12,14,19H,4,13H2,1-3H3/t14-/m1/s1. The first-order valence-electron chi connectivity index (χ1n) is 7.64. The Morgan fingerprint density at radius 2 is 1.91 bits per heavy atom. The predicted octanol–water partition coefficient (Wildman–Crippen LogP) is 3.56. The summed E-state index contributed by atoms with van der Waals surface area (Å²) >= 11 is 0. The number of amides is 1. The second-order valence-electron chi connectivity index (χ2n) is 5.34. The number of carbonyl (C=O) groups excluding carboxylic acids is 1. The molecule has 1 atom stereocenters. The van der Waals surface area contributed by atoms with E-state index >= 15 is 0 Å². The summed E-state index contributed by atoms with van der Waals surface area (Å²) in [4.78, 5) is 19.0. The Balaban J connectivity index is 2.30. The molecule has 0 aliphatic carbocycles. The molecule has 1 heterocycles. The van der Waals surface area contributed by atoms with E-state index in [0.29, 0.717) is 12.1 Å². The van der Waals surface area contributed by atoms with E-state index in [1.54, 1.807) is 12.4 Å². The summed E-state index contributed by atoms with van der Waals surface area (Å²) in [6.45, 7) is 4.77. The van der Waals surface area contributed by atoms with Gasteiger partial charge < -0.3 is 10.2 Å². The van der Waals surface area contributed by atoms with Crippen LogP contribution < -0.4 is 5.32 Å². The Labute approximate surface area is 132 Å². The maximum atomic E-state index is 13.0. The Morgan fingerprint density at radius 3 is 2.55 bits per heavy atom. The van der Waals surface area contributed by atoms with Gasteiger partial charge in [0.25, 0.3) is 5.91 Å². The number of hydrogen-bond donors (Lipinski definition) is 1. The Bertz CT molecular complexity index is 613. The number of nitrogens with one attached hydrogen (secondary N) is 1. The lowest BCUT2D eigenvalue weighted by molar-refractivity contribution is 0.0672. The highest BCUT2D eigenvalue weighted by Gasteiger charge is 2.22. The molecule has 2 aromatic rings. The molecule has 0 unspecified atom stereocenters. The van der Waals surface area contributed by atoms with Crippen molar-refractivity contribution in [1.82, 2.24) is 9.88 Å². The highest BCUT2D eigenvalue weighted by molar-refractivity contribution is 5.99. The van der Waals surface area contributed by atoms with Crippen molar-refractivity contribution in [2.24, 2.45) is 0 Å². The van der Waals surface area contributed by atoms with E-state index < -0.39 is 0 Å². The molecule has 22 heavy (non-hydrogen) atoms. The summed E-state index contributed by atoms with van der Waals surface area (Å²) in [5.41, 5.74) is 2.65. The summed E-state index contributed by atoms with van der Waals surface area (Å²) in [6.07, 6.45) is 4.44. The number of anilines is 1. The average Bonchev–Trinajstić information content (AvgIpc) is 2.59. The van der Waals surface area contributed by atoms with Crippen LogP contribution in [0.25, 0.3) is 0 Å². The summed E-state index contributed by atoms with van der Waals surface area (Å²) in [5, 5.41) is 3.09. The molecule has 0 bridgehead atoms. The predicted molar refractivity (Wildman–Crippen MR) is 89.9 cm³/mol. The molecule has 0 spiro atoms. The van der Waals surface area contributed by atoms with E-state index in [0.717, 1.165) is 17.7 Å². The molecular formula is C18H23N3O. The largest absolute Gasteiger partial charge is 0.387 e. The zero-order valence-corrected chi connectivity index (χ0v) is 13.4. The number of carbonyl (C=O) groups is 1. The van der Waals surface area contributed by atoms with Crippen LogP contribution in [-0.2, 0) is 6.54 Å². The van der Waals surface area contributed by atoms with Crippen LogP contribution in [0, 0.1) is 0 Å². The van der Waals surface area contributed by atoms with Gasteiger partial charge in [-0.3, -0.25) is 9.78 Å². The van der Waals surface area contributed by atoms with Crippen LogP contribution in [0.1, 0.15) is 36.2 Å². The van der Waals surface area contributed by atoms with Crippen LogP contribution in [0.15, 0.2) is 48.8 Å². The topological polar surface area (TPSA) is 45.2 Å². The number of aromatic nitrogens is 1. The first-order chi connectivity index (χ1) is 10.7. The van der Waals surface area contributed by atoms with Crippen molar-refractivity contribution in [3.8, 4) is 0 Å². The summed E-state index contributed by atoms with van der Waals surface area (Å²) < 4.78 is 0. The van der Waals surface area contributed by atoms with Gasteiger partial charge in [0.15, 0.2) is 0 Å².